The van der Waals surface area contributed by atoms with Gasteiger partial charge in [0.1, 0.15) is 6.04 Å². The summed E-state index contributed by atoms with van der Waals surface area (Å²) in [4.78, 5) is 11.2. The number of carbonyl (C=O) groups is 1. The van der Waals surface area contributed by atoms with Crippen molar-refractivity contribution >= 4 is 5.97 Å². The second-order valence-corrected chi connectivity index (χ2v) is 4.74. The quantitative estimate of drug-likeness (QED) is 0.626. The van der Waals surface area contributed by atoms with E-state index in [1.165, 1.54) is 7.11 Å². The minimum atomic E-state index is -0.133. The maximum Gasteiger partial charge on any atom is 0.322 e. The second-order valence-electron chi connectivity index (χ2n) is 4.74. The predicted molar refractivity (Wildman–Crippen MR) is 51.4 cm³/mol. The van der Waals surface area contributed by atoms with E-state index in [9.17, 15) is 4.79 Å². The topological polar surface area (TPSA) is 38.3 Å². The maximum atomic E-state index is 11.2. The first-order valence-corrected chi connectivity index (χ1v) is 4.79. The molecule has 1 aliphatic heterocycles. The van der Waals surface area contributed by atoms with Crippen molar-refractivity contribution < 1.29 is 9.53 Å². The minimum Gasteiger partial charge on any atom is -0.468 e. The summed E-state index contributed by atoms with van der Waals surface area (Å²) in [5.41, 5.74) is 0.225. The van der Waals surface area contributed by atoms with Crippen LogP contribution >= 0.6 is 0 Å². The Bertz CT molecular complexity index is 196. The fourth-order valence-corrected chi connectivity index (χ4v) is 1.75. The first-order valence-electron chi connectivity index (χ1n) is 4.79. The summed E-state index contributed by atoms with van der Waals surface area (Å²) in [5, 5.41) is 3.31. The SMILES string of the molecule is COC(=O)[C@H]1CC[C@H](C(C)(C)C)N1. The number of ether oxygens (including phenoxy) is 1. The zero-order chi connectivity index (χ0) is 10.1. The third-order valence-electron chi connectivity index (χ3n) is 2.68. The Morgan fingerprint density at radius 2 is 2.00 bits per heavy atom. The van der Waals surface area contributed by atoms with Gasteiger partial charge in [0.25, 0.3) is 0 Å². The molecular weight excluding hydrogens is 166 g/mol. The van der Waals surface area contributed by atoms with Gasteiger partial charge < -0.3 is 10.1 Å². The summed E-state index contributed by atoms with van der Waals surface area (Å²) in [6.07, 6.45) is 1.96. The van der Waals surface area contributed by atoms with E-state index in [-0.39, 0.29) is 17.4 Å². The second kappa shape index (κ2) is 3.66. The molecule has 0 unspecified atom stereocenters. The molecule has 0 radical (unpaired) electrons. The molecule has 1 fully saturated rings. The monoisotopic (exact) mass is 185 g/mol. The van der Waals surface area contributed by atoms with Crippen LogP contribution in [0.5, 0.6) is 0 Å². The molecule has 0 aliphatic carbocycles. The largest absolute Gasteiger partial charge is 0.468 e. The minimum absolute atomic E-state index is 0.0887. The van der Waals surface area contributed by atoms with Crippen LogP contribution in [0.1, 0.15) is 33.6 Å². The Balaban J connectivity index is 2.50. The number of carbonyl (C=O) groups excluding carboxylic acids is 1. The van der Waals surface area contributed by atoms with Crippen molar-refractivity contribution in [2.75, 3.05) is 7.11 Å². The number of hydrogen-bond donors (Lipinski definition) is 1. The van der Waals surface area contributed by atoms with Gasteiger partial charge in [-0.1, -0.05) is 20.8 Å². The fourth-order valence-electron chi connectivity index (χ4n) is 1.75. The summed E-state index contributed by atoms with van der Waals surface area (Å²) in [7, 11) is 1.44. The standard InChI is InChI=1S/C10H19NO2/c1-10(2,3)8-6-5-7(11-8)9(12)13-4/h7-8,11H,5-6H2,1-4H3/t7-,8-/m1/s1. The van der Waals surface area contributed by atoms with Crippen LogP contribution < -0.4 is 5.32 Å². The van der Waals surface area contributed by atoms with Crippen LogP contribution in [0.3, 0.4) is 0 Å². The maximum absolute atomic E-state index is 11.2. The summed E-state index contributed by atoms with van der Waals surface area (Å²) >= 11 is 0. The molecule has 76 valence electrons. The predicted octanol–water partition coefficient (Wildman–Crippen LogP) is 1.33. The van der Waals surface area contributed by atoms with Gasteiger partial charge in [0.2, 0.25) is 0 Å². The Labute approximate surface area is 79.8 Å². The van der Waals surface area contributed by atoms with Gasteiger partial charge in [-0.05, 0) is 18.3 Å². The van der Waals surface area contributed by atoms with Crippen LogP contribution in [0.15, 0.2) is 0 Å². The molecule has 13 heavy (non-hydrogen) atoms. The summed E-state index contributed by atoms with van der Waals surface area (Å²) in [5.74, 6) is -0.133. The third kappa shape index (κ3) is 2.44. The highest BCUT2D eigenvalue weighted by Crippen LogP contribution is 2.28. The molecule has 1 saturated heterocycles. The molecular formula is C10H19NO2. The van der Waals surface area contributed by atoms with Crippen molar-refractivity contribution in [3.8, 4) is 0 Å². The summed E-state index contributed by atoms with van der Waals surface area (Å²) < 4.78 is 4.69. The Morgan fingerprint density at radius 1 is 1.38 bits per heavy atom. The van der Waals surface area contributed by atoms with Gasteiger partial charge in [0.05, 0.1) is 7.11 Å². The Kier molecular flexibility index (Phi) is 2.96. The zero-order valence-electron chi connectivity index (χ0n) is 8.89. The number of rotatable bonds is 1. The van der Waals surface area contributed by atoms with Crippen molar-refractivity contribution in [3.05, 3.63) is 0 Å². The van der Waals surface area contributed by atoms with Gasteiger partial charge in [-0.25, -0.2) is 0 Å². The van der Waals surface area contributed by atoms with Crippen molar-refractivity contribution in [2.24, 2.45) is 5.41 Å². The summed E-state index contributed by atoms with van der Waals surface area (Å²) in [6, 6.07) is 0.339. The highest BCUT2D eigenvalue weighted by atomic mass is 16.5. The lowest BCUT2D eigenvalue weighted by atomic mass is 9.86. The molecule has 1 rings (SSSR count). The molecule has 1 heterocycles. The Hall–Kier alpha value is -0.570. The third-order valence-corrected chi connectivity index (χ3v) is 2.68. The lowest BCUT2D eigenvalue weighted by molar-refractivity contribution is -0.142. The highest BCUT2D eigenvalue weighted by Gasteiger charge is 2.35. The lowest BCUT2D eigenvalue weighted by Crippen LogP contribution is -2.42. The highest BCUT2D eigenvalue weighted by molar-refractivity contribution is 5.76. The molecule has 1 N–H and O–H groups in total. The van der Waals surface area contributed by atoms with Crippen LogP contribution in [0, 0.1) is 5.41 Å². The number of nitrogens with one attached hydrogen (secondary N) is 1. The number of hydrogen-bond acceptors (Lipinski definition) is 3. The normalized spacial score (nSPS) is 28.9. The van der Waals surface area contributed by atoms with E-state index in [4.69, 9.17) is 4.74 Å². The number of esters is 1. The van der Waals surface area contributed by atoms with Crippen molar-refractivity contribution in [1.29, 1.82) is 0 Å². The number of methoxy groups -OCH3 is 1. The zero-order valence-corrected chi connectivity index (χ0v) is 8.89. The van der Waals surface area contributed by atoms with E-state index >= 15 is 0 Å². The Morgan fingerprint density at radius 3 is 2.38 bits per heavy atom. The first kappa shape index (κ1) is 10.5. The van der Waals surface area contributed by atoms with E-state index in [1.54, 1.807) is 0 Å². The van der Waals surface area contributed by atoms with Crippen LogP contribution in [0.25, 0.3) is 0 Å². The van der Waals surface area contributed by atoms with Crippen molar-refractivity contribution in [2.45, 2.75) is 45.7 Å². The lowest BCUT2D eigenvalue weighted by Gasteiger charge is -2.27. The molecule has 0 aromatic rings. The van der Waals surface area contributed by atoms with Gasteiger partial charge in [-0.15, -0.1) is 0 Å². The van der Waals surface area contributed by atoms with Gasteiger partial charge in [0.15, 0.2) is 0 Å². The molecule has 0 aromatic carbocycles. The van der Waals surface area contributed by atoms with Crippen molar-refractivity contribution in [3.63, 3.8) is 0 Å². The molecule has 0 bridgehead atoms. The van der Waals surface area contributed by atoms with E-state index in [2.05, 4.69) is 26.1 Å². The van der Waals surface area contributed by atoms with Crippen LogP contribution in [-0.4, -0.2) is 25.2 Å². The van der Waals surface area contributed by atoms with E-state index in [1.807, 2.05) is 0 Å². The molecule has 0 amide bonds. The van der Waals surface area contributed by atoms with E-state index in [0.29, 0.717) is 6.04 Å². The molecule has 0 spiro atoms. The molecule has 3 heteroatoms. The van der Waals surface area contributed by atoms with Gasteiger partial charge >= 0.3 is 5.97 Å². The van der Waals surface area contributed by atoms with Gasteiger partial charge in [-0.2, -0.15) is 0 Å². The van der Waals surface area contributed by atoms with Gasteiger partial charge in [0, 0.05) is 6.04 Å². The van der Waals surface area contributed by atoms with Crippen LogP contribution in [0.2, 0.25) is 0 Å². The van der Waals surface area contributed by atoms with E-state index in [0.717, 1.165) is 12.8 Å². The molecule has 1 aliphatic rings. The van der Waals surface area contributed by atoms with Gasteiger partial charge in [-0.3, -0.25) is 4.79 Å². The summed E-state index contributed by atoms with van der Waals surface area (Å²) in [6.45, 7) is 6.55. The van der Waals surface area contributed by atoms with Crippen LogP contribution in [-0.2, 0) is 9.53 Å². The molecule has 0 saturated carbocycles. The van der Waals surface area contributed by atoms with E-state index < -0.39 is 0 Å². The first-order chi connectivity index (χ1) is 5.95. The average Bonchev–Trinajstić information content (AvgIpc) is 2.50. The van der Waals surface area contributed by atoms with Crippen molar-refractivity contribution in [1.82, 2.24) is 5.32 Å². The molecule has 0 aromatic heterocycles. The smallest absolute Gasteiger partial charge is 0.322 e. The molecule has 3 nitrogen and oxygen atoms in total. The fraction of sp³-hybridized carbons (Fsp3) is 0.900. The molecule has 2 atom stereocenters. The van der Waals surface area contributed by atoms with Crippen LogP contribution in [0.4, 0.5) is 0 Å². The average molecular weight is 185 g/mol.